The number of hydrogen-bond acceptors (Lipinski definition) is 15. The Morgan fingerprint density at radius 2 is 1.26 bits per heavy atom. The van der Waals surface area contributed by atoms with Crippen LogP contribution in [0.15, 0.2) is 16.8 Å². The molecule has 0 aliphatic heterocycles. The van der Waals surface area contributed by atoms with Crippen LogP contribution < -0.4 is 5.32 Å². The summed E-state index contributed by atoms with van der Waals surface area (Å²) in [7, 11) is -4.65. The fourth-order valence-corrected chi connectivity index (χ4v) is 7.14. The number of carbonyl (C=O) groups excluding carboxylic acids is 2. The lowest BCUT2D eigenvalue weighted by Crippen LogP contribution is -2.29. The molecular formula is C40H69N4O13P. The maximum Gasteiger partial charge on any atom is 0.472 e. The second-order valence-corrected chi connectivity index (χ2v) is 16.3. The molecule has 0 saturated heterocycles. The van der Waals surface area contributed by atoms with Gasteiger partial charge in [-0.05, 0) is 35.6 Å². The van der Waals surface area contributed by atoms with Crippen LogP contribution in [0.4, 0.5) is 11.4 Å². The maximum atomic E-state index is 12.6. The lowest BCUT2D eigenvalue weighted by Gasteiger charge is -2.20. The lowest BCUT2D eigenvalue weighted by atomic mass is 10.0. The number of esters is 2. The van der Waals surface area contributed by atoms with Gasteiger partial charge < -0.3 is 29.9 Å². The molecule has 2 rings (SSSR count). The molecule has 17 nitrogen and oxygen atoms in total. The number of rotatable bonds is 38. The topological polar surface area (TPSA) is 243 Å². The Balaban J connectivity index is 1.58. The second-order valence-electron chi connectivity index (χ2n) is 14.9. The molecular weight excluding hydrogens is 775 g/mol. The van der Waals surface area contributed by atoms with E-state index in [1.54, 1.807) is 6.07 Å². The van der Waals surface area contributed by atoms with E-state index in [4.69, 9.17) is 23.7 Å². The Kier molecular flexibility index (Phi) is 27.8. The molecule has 1 heterocycles. The highest BCUT2D eigenvalue weighted by molar-refractivity contribution is 7.47. The van der Waals surface area contributed by atoms with Crippen LogP contribution in [0.1, 0.15) is 161 Å². The number of phosphoric acid groups is 1. The van der Waals surface area contributed by atoms with E-state index in [0.717, 1.165) is 70.6 Å². The predicted octanol–water partition coefficient (Wildman–Crippen LogP) is 8.87. The summed E-state index contributed by atoms with van der Waals surface area (Å²) in [6.45, 7) is 0.685. The van der Waals surface area contributed by atoms with Crippen LogP contribution in [-0.4, -0.2) is 87.5 Å². The van der Waals surface area contributed by atoms with E-state index in [1.165, 1.54) is 63.9 Å². The van der Waals surface area contributed by atoms with Gasteiger partial charge in [-0.2, -0.15) is 0 Å². The highest BCUT2D eigenvalue weighted by Crippen LogP contribution is 2.43. The van der Waals surface area contributed by atoms with E-state index >= 15 is 0 Å². The van der Waals surface area contributed by atoms with Crippen molar-refractivity contribution < 1.29 is 57.3 Å². The zero-order chi connectivity index (χ0) is 42.3. The van der Waals surface area contributed by atoms with Gasteiger partial charge in [0.1, 0.15) is 12.7 Å². The number of aliphatic hydroxyl groups is 2. The highest BCUT2D eigenvalue weighted by Gasteiger charge is 2.27. The quantitative estimate of drug-likeness (QED) is 0.0162. The van der Waals surface area contributed by atoms with Crippen molar-refractivity contribution in [1.29, 1.82) is 0 Å². The van der Waals surface area contributed by atoms with Crippen LogP contribution in [0.25, 0.3) is 11.0 Å². The van der Waals surface area contributed by atoms with Gasteiger partial charge in [0.15, 0.2) is 11.6 Å². The van der Waals surface area contributed by atoms with Gasteiger partial charge in [-0.3, -0.25) is 28.8 Å². The second kappa shape index (κ2) is 31.7. The van der Waals surface area contributed by atoms with Crippen molar-refractivity contribution in [3.8, 4) is 0 Å². The first-order valence-electron chi connectivity index (χ1n) is 21.5. The first-order chi connectivity index (χ1) is 28.1. The summed E-state index contributed by atoms with van der Waals surface area (Å²) in [5, 5.41) is 40.2. The van der Waals surface area contributed by atoms with E-state index in [0.29, 0.717) is 30.6 Å². The molecule has 4 N–H and O–H groups in total. The number of fused-ring (bicyclic) bond motifs is 1. The van der Waals surface area contributed by atoms with Crippen LogP contribution in [-0.2, 0) is 32.7 Å². The number of unbranched alkanes of at least 4 members (excludes halogenated alkanes) is 20. The smallest absolute Gasteiger partial charge is 0.462 e. The van der Waals surface area contributed by atoms with Gasteiger partial charge in [-0.25, -0.2) is 9.19 Å². The maximum absolute atomic E-state index is 12.6. The lowest BCUT2D eigenvalue weighted by molar-refractivity contribution is -0.383. The van der Waals surface area contributed by atoms with E-state index in [-0.39, 0.29) is 30.7 Å². The van der Waals surface area contributed by atoms with E-state index in [9.17, 15) is 34.3 Å². The first kappa shape index (κ1) is 50.9. The van der Waals surface area contributed by atoms with Crippen LogP contribution in [0.3, 0.4) is 0 Å². The van der Waals surface area contributed by atoms with Crippen molar-refractivity contribution in [3.63, 3.8) is 0 Å². The standard InChI is InChI=1S/C40H69N4O13P/c1-2-3-4-5-6-7-8-9-10-12-15-18-21-24-37(47)53-31-34(32-55-58(51,52)54-30-33(46)29-45)56-38(48)25-22-19-16-13-11-14-17-20-23-28-41-35-26-27-36(44(49)50)40-39(35)42-57-43-40/h26-27,33-34,41,45-46H,2-25,28-32H2,1H3,(H,51,52)/t33-,34-/m1/s1. The van der Waals surface area contributed by atoms with Crippen LogP contribution >= 0.6 is 7.82 Å². The van der Waals surface area contributed by atoms with Crippen molar-refractivity contribution in [2.75, 3.05) is 38.3 Å². The Morgan fingerprint density at radius 3 is 1.81 bits per heavy atom. The predicted molar refractivity (Wildman–Crippen MR) is 219 cm³/mol. The number of nitro groups is 1. The molecule has 0 bridgehead atoms. The SMILES string of the molecule is CCCCCCCCCCCCCCCC(=O)OC[C@H](COP(=O)(O)OC[C@H](O)CO)OC(=O)CCCCCCCCCCCNc1ccc([N+](=O)[O-])c2nonc12. The molecule has 332 valence electrons. The van der Waals surface area contributed by atoms with Crippen LogP contribution in [0, 0.1) is 10.1 Å². The number of non-ortho nitro benzene ring substituents is 1. The summed E-state index contributed by atoms with van der Waals surface area (Å²) in [4.78, 5) is 45.7. The minimum Gasteiger partial charge on any atom is -0.462 e. The highest BCUT2D eigenvalue weighted by atomic mass is 31.2. The molecule has 1 unspecified atom stereocenters. The van der Waals surface area contributed by atoms with Crippen LogP contribution in [0.2, 0.25) is 0 Å². The number of anilines is 1. The molecule has 0 aliphatic carbocycles. The number of nitro benzene ring substituents is 1. The molecule has 0 amide bonds. The number of hydrogen-bond donors (Lipinski definition) is 4. The number of aromatic nitrogens is 2. The van der Waals surface area contributed by atoms with Gasteiger partial charge in [-0.1, -0.05) is 129 Å². The number of phosphoric ester groups is 1. The molecule has 3 atom stereocenters. The van der Waals surface area contributed by atoms with Crippen molar-refractivity contribution >= 4 is 42.2 Å². The fraction of sp³-hybridized carbons (Fsp3) is 0.800. The van der Waals surface area contributed by atoms with Crippen molar-refractivity contribution in [2.24, 2.45) is 0 Å². The van der Waals surface area contributed by atoms with E-state index < -0.39 is 56.7 Å². The molecule has 1 aromatic carbocycles. The molecule has 1 aromatic heterocycles. The zero-order valence-electron chi connectivity index (χ0n) is 34.5. The molecule has 0 aliphatic rings. The molecule has 18 heteroatoms. The first-order valence-corrected chi connectivity index (χ1v) is 22.9. The van der Waals surface area contributed by atoms with Gasteiger partial charge in [0.2, 0.25) is 5.52 Å². The number of nitrogens with one attached hydrogen (secondary N) is 1. The average Bonchev–Trinajstić information content (AvgIpc) is 3.70. The van der Waals surface area contributed by atoms with Gasteiger partial charge in [-0.15, -0.1) is 0 Å². The Bertz CT molecular complexity index is 1460. The summed E-state index contributed by atoms with van der Waals surface area (Å²) in [5.74, 6) is -1.00. The largest absolute Gasteiger partial charge is 0.472 e. The van der Waals surface area contributed by atoms with Crippen molar-refractivity contribution in [3.05, 3.63) is 22.2 Å². The number of ether oxygens (including phenoxy) is 2. The van der Waals surface area contributed by atoms with Gasteiger partial charge >= 0.3 is 25.4 Å². The third kappa shape index (κ3) is 24.0. The zero-order valence-corrected chi connectivity index (χ0v) is 35.4. The number of benzene rings is 1. The summed E-state index contributed by atoms with van der Waals surface area (Å²) < 4.78 is 37.4. The minimum atomic E-state index is -4.65. The normalized spacial score (nSPS) is 13.6. The summed E-state index contributed by atoms with van der Waals surface area (Å²) >= 11 is 0. The molecule has 0 spiro atoms. The van der Waals surface area contributed by atoms with E-state index in [1.807, 2.05) is 0 Å². The average molecular weight is 845 g/mol. The third-order valence-corrected chi connectivity index (χ3v) is 10.7. The van der Waals surface area contributed by atoms with Crippen molar-refractivity contribution in [1.82, 2.24) is 10.3 Å². The van der Waals surface area contributed by atoms with Gasteiger partial charge in [0, 0.05) is 25.5 Å². The van der Waals surface area contributed by atoms with Gasteiger partial charge in [0.25, 0.3) is 0 Å². The molecule has 0 fully saturated rings. The van der Waals surface area contributed by atoms with Gasteiger partial charge in [0.05, 0.1) is 30.4 Å². The monoisotopic (exact) mass is 844 g/mol. The summed E-state index contributed by atoms with van der Waals surface area (Å²) in [6.07, 6.45) is 21.8. The van der Waals surface area contributed by atoms with E-state index in [2.05, 4.69) is 27.1 Å². The van der Waals surface area contributed by atoms with Crippen molar-refractivity contribution in [2.45, 2.75) is 173 Å². The Labute approximate surface area is 343 Å². The summed E-state index contributed by atoms with van der Waals surface area (Å²) in [6, 6.07) is 2.99. The Morgan fingerprint density at radius 1 is 0.759 bits per heavy atom. The number of nitrogens with zero attached hydrogens (tertiary/aromatic N) is 3. The number of aliphatic hydroxyl groups excluding tert-OH is 2. The molecule has 0 radical (unpaired) electrons. The molecule has 0 saturated carbocycles. The third-order valence-electron chi connectivity index (χ3n) is 9.74. The number of carbonyl (C=O) groups is 2. The summed E-state index contributed by atoms with van der Waals surface area (Å²) in [5.41, 5.74) is 0.952. The minimum absolute atomic E-state index is 0.120. The fourth-order valence-electron chi connectivity index (χ4n) is 6.35. The Hall–Kier alpha value is -3.21. The molecule has 2 aromatic rings. The van der Waals surface area contributed by atoms with Crippen LogP contribution in [0.5, 0.6) is 0 Å². The molecule has 58 heavy (non-hydrogen) atoms.